The second-order valence-electron chi connectivity index (χ2n) is 17.1. The van der Waals surface area contributed by atoms with Crippen LogP contribution >= 0.6 is 0 Å². The second kappa shape index (κ2) is 11.4. The minimum atomic E-state index is -2.59. The van der Waals surface area contributed by atoms with E-state index in [1.54, 1.807) is 0 Å². The van der Waals surface area contributed by atoms with Crippen LogP contribution in [0.5, 0.6) is 0 Å². The molecular weight excluding hydrogens is 713 g/mol. The van der Waals surface area contributed by atoms with E-state index in [1.807, 2.05) is 0 Å². The van der Waals surface area contributed by atoms with E-state index < -0.39 is 8.07 Å². The summed E-state index contributed by atoms with van der Waals surface area (Å²) in [7, 11) is -2.59. The van der Waals surface area contributed by atoms with Crippen molar-refractivity contribution >= 4 is 61.1 Å². The molecule has 1 spiro atoms. The van der Waals surface area contributed by atoms with E-state index in [9.17, 15) is 0 Å². The molecule has 10 aromatic carbocycles. The van der Waals surface area contributed by atoms with Crippen LogP contribution in [-0.4, -0.2) is 8.07 Å². The molecule has 2 heterocycles. The molecule has 0 unspecified atom stereocenters. The zero-order valence-corrected chi connectivity index (χ0v) is 33.5. The van der Waals surface area contributed by atoms with Gasteiger partial charge in [-0.05, 0) is 120 Å². The average Bonchev–Trinajstić information content (AvgIpc) is 3.84. The van der Waals surface area contributed by atoms with Crippen LogP contribution < -0.4 is 20.7 Å². The van der Waals surface area contributed by atoms with Crippen molar-refractivity contribution in [1.29, 1.82) is 0 Å². The number of hydrogen-bond donors (Lipinski definition) is 0. The fourth-order valence-electron chi connectivity index (χ4n) is 11.9. The van der Waals surface area contributed by atoms with Crippen LogP contribution in [0.15, 0.2) is 194 Å². The topological polar surface area (TPSA) is 0 Å². The van der Waals surface area contributed by atoms with Crippen molar-refractivity contribution in [3.63, 3.8) is 0 Å². The van der Waals surface area contributed by atoms with Gasteiger partial charge in [0.2, 0.25) is 0 Å². The van der Waals surface area contributed by atoms with Gasteiger partial charge in [0.05, 0.1) is 0 Å². The van der Waals surface area contributed by atoms with Crippen molar-refractivity contribution in [2.45, 2.75) is 19.3 Å². The molecular formula is C57H38Si. The molecule has 1 aliphatic carbocycles. The van der Waals surface area contributed by atoms with Gasteiger partial charge in [0, 0.05) is 5.41 Å². The van der Waals surface area contributed by atoms with Gasteiger partial charge in [0.25, 0.3) is 0 Å². The van der Waals surface area contributed by atoms with Crippen molar-refractivity contribution in [2.75, 3.05) is 0 Å². The highest BCUT2D eigenvalue weighted by Gasteiger charge is 2.54. The van der Waals surface area contributed by atoms with Crippen LogP contribution in [0.25, 0.3) is 88.0 Å². The maximum Gasteiger partial charge on any atom is 0.182 e. The Morgan fingerprint density at radius 1 is 0.310 bits per heavy atom. The Bertz CT molecular complexity index is 3320. The van der Waals surface area contributed by atoms with Crippen molar-refractivity contribution < 1.29 is 0 Å². The quantitative estimate of drug-likeness (QED) is 0.122. The molecule has 0 nitrogen and oxygen atoms in total. The summed E-state index contributed by atoms with van der Waals surface area (Å²) >= 11 is 0. The van der Waals surface area contributed by atoms with Gasteiger partial charge in [-0.2, -0.15) is 0 Å². The molecule has 0 N–H and O–H groups in total. The minimum absolute atomic E-state index is 0.190. The Labute approximate surface area is 339 Å². The predicted octanol–water partition coefficient (Wildman–Crippen LogP) is 12.1. The van der Waals surface area contributed by atoms with E-state index in [4.69, 9.17) is 0 Å². The maximum absolute atomic E-state index is 2.61. The summed E-state index contributed by atoms with van der Waals surface area (Å²) in [5.74, 6) is 0. The van der Waals surface area contributed by atoms with Crippen LogP contribution in [-0.2, 0) is 5.41 Å². The fourth-order valence-corrected chi connectivity index (χ4v) is 17.6. The average molecular weight is 751 g/mol. The van der Waals surface area contributed by atoms with Gasteiger partial charge in [-0.3, -0.25) is 0 Å². The molecule has 0 amide bonds. The van der Waals surface area contributed by atoms with Crippen LogP contribution in [0.4, 0.5) is 0 Å². The van der Waals surface area contributed by atoms with Gasteiger partial charge < -0.3 is 0 Å². The normalized spacial score (nSPS) is 14.7. The molecule has 0 aromatic heterocycles. The van der Waals surface area contributed by atoms with Crippen LogP contribution in [0, 0.1) is 0 Å². The summed E-state index contributed by atoms with van der Waals surface area (Å²) in [4.78, 5) is 0. The Hall–Kier alpha value is -6.80. The molecule has 13 rings (SSSR count). The zero-order valence-electron chi connectivity index (χ0n) is 32.5. The molecule has 0 bridgehead atoms. The molecule has 2 aliphatic heterocycles. The number of rotatable bonds is 2. The van der Waals surface area contributed by atoms with Crippen LogP contribution in [0.1, 0.15) is 25.0 Å². The lowest BCUT2D eigenvalue weighted by molar-refractivity contribution is 0.668. The first-order chi connectivity index (χ1) is 28.6. The molecule has 0 saturated heterocycles. The van der Waals surface area contributed by atoms with Crippen molar-refractivity contribution in [1.82, 2.24) is 0 Å². The molecule has 0 fully saturated rings. The minimum Gasteiger partial charge on any atom is -0.0623 e. The number of benzene rings is 10. The molecule has 0 saturated carbocycles. The Morgan fingerprint density at radius 2 is 0.741 bits per heavy atom. The highest BCUT2D eigenvalue weighted by Crippen LogP contribution is 2.56. The van der Waals surface area contributed by atoms with E-state index in [-0.39, 0.29) is 5.41 Å². The summed E-state index contributed by atoms with van der Waals surface area (Å²) in [6.45, 7) is 4.88. The molecule has 58 heavy (non-hydrogen) atoms. The molecule has 0 radical (unpaired) electrons. The second-order valence-corrected chi connectivity index (χ2v) is 20.7. The Kier molecular flexibility index (Phi) is 6.35. The number of hydrogen-bond acceptors (Lipinski definition) is 0. The summed E-state index contributed by atoms with van der Waals surface area (Å²) < 4.78 is 0. The first kappa shape index (κ1) is 32.3. The molecule has 0 atom stereocenters. The first-order valence-electron chi connectivity index (χ1n) is 20.6. The standard InChI is InChI=1S/C57H38Si/c1-57(2)55-37-17-4-3-16-35(37)30-33-47(55)46-25-15-26-48(56(46)57)54-44-23-7-5-21-42(44)53(43-22-6-8-24-45(43)54)36-31-32-41-40-20-11-14-29-51(40)58(52(41)34-36)49-27-12-9-18-38(49)39-19-10-13-28-50(39)58/h3-34H,1-2H3. The monoisotopic (exact) mass is 750 g/mol. The van der Waals surface area contributed by atoms with E-state index in [0.29, 0.717) is 0 Å². The molecule has 270 valence electrons. The van der Waals surface area contributed by atoms with Crippen LogP contribution in [0.3, 0.4) is 0 Å². The van der Waals surface area contributed by atoms with E-state index in [2.05, 4.69) is 208 Å². The molecule has 1 heteroatoms. The Morgan fingerprint density at radius 3 is 1.34 bits per heavy atom. The SMILES string of the molecule is CC1(C)c2c(cccc2-c2c3ccccc3c(-c3ccc4c(c3)[Si]3(c5ccccc5-c5ccccc53)c3ccccc3-4)c3ccccc23)-c2ccc3ccccc3c21. The summed E-state index contributed by atoms with van der Waals surface area (Å²) in [6.07, 6.45) is 0. The summed E-state index contributed by atoms with van der Waals surface area (Å²) in [5, 5.41) is 13.9. The smallest absolute Gasteiger partial charge is 0.0623 e. The van der Waals surface area contributed by atoms with E-state index in [1.165, 1.54) is 120 Å². The highest BCUT2D eigenvalue weighted by molar-refractivity contribution is 7.24. The summed E-state index contributed by atoms with van der Waals surface area (Å²) in [5.41, 5.74) is 16.2. The van der Waals surface area contributed by atoms with E-state index >= 15 is 0 Å². The van der Waals surface area contributed by atoms with Crippen LogP contribution in [0.2, 0.25) is 0 Å². The predicted molar refractivity (Wildman–Crippen MR) is 249 cm³/mol. The van der Waals surface area contributed by atoms with Crippen molar-refractivity contribution in [2.24, 2.45) is 0 Å². The third-order valence-corrected chi connectivity index (χ3v) is 19.0. The fraction of sp³-hybridized carbons (Fsp3) is 0.0526. The lowest BCUT2D eigenvalue weighted by atomic mass is 9.76. The highest BCUT2D eigenvalue weighted by atomic mass is 28.3. The van der Waals surface area contributed by atoms with E-state index in [0.717, 1.165) is 0 Å². The number of fused-ring (bicyclic) bond motifs is 17. The van der Waals surface area contributed by atoms with Gasteiger partial charge >= 0.3 is 0 Å². The van der Waals surface area contributed by atoms with Gasteiger partial charge in [-0.25, -0.2) is 0 Å². The van der Waals surface area contributed by atoms with Gasteiger partial charge in [-0.1, -0.05) is 208 Å². The maximum atomic E-state index is 2.61. The summed E-state index contributed by atoms with van der Waals surface area (Å²) in [6, 6.07) is 74.2. The van der Waals surface area contributed by atoms with Crippen molar-refractivity contribution in [3.8, 4) is 55.6 Å². The third kappa shape index (κ3) is 3.90. The Balaban J connectivity index is 1.10. The first-order valence-corrected chi connectivity index (χ1v) is 22.6. The van der Waals surface area contributed by atoms with Gasteiger partial charge in [0.15, 0.2) is 8.07 Å². The molecule has 3 aliphatic rings. The van der Waals surface area contributed by atoms with Crippen molar-refractivity contribution in [3.05, 3.63) is 205 Å². The van der Waals surface area contributed by atoms with Gasteiger partial charge in [-0.15, -0.1) is 0 Å². The van der Waals surface area contributed by atoms with Gasteiger partial charge in [0.1, 0.15) is 0 Å². The molecule has 10 aromatic rings. The lowest BCUT2D eigenvalue weighted by Gasteiger charge is -2.28. The largest absolute Gasteiger partial charge is 0.182 e. The zero-order chi connectivity index (χ0) is 38.3. The lowest BCUT2D eigenvalue weighted by Crippen LogP contribution is -2.70. The third-order valence-electron chi connectivity index (χ3n) is 14.0.